The minimum atomic E-state index is -0.565. The highest BCUT2D eigenvalue weighted by Gasteiger charge is 2.19. The van der Waals surface area contributed by atoms with Crippen LogP contribution in [0.25, 0.3) is 17.0 Å². The molecule has 0 bridgehead atoms. The molecule has 0 aliphatic rings. The highest BCUT2D eigenvalue weighted by atomic mass is 35.5. The highest BCUT2D eigenvalue weighted by Crippen LogP contribution is 2.32. The van der Waals surface area contributed by atoms with E-state index >= 15 is 0 Å². The summed E-state index contributed by atoms with van der Waals surface area (Å²) in [5.41, 5.74) is 2.86. The molecule has 2 aromatic heterocycles. The number of ether oxygens (including phenoxy) is 3. The Hall–Kier alpha value is -4.05. The van der Waals surface area contributed by atoms with Crippen LogP contribution in [0, 0.1) is 0 Å². The fourth-order valence-electron chi connectivity index (χ4n) is 5.35. The SMILES string of the molecule is CCCCCCCCCCCCOc1ccc(Cl)cc1N=COC(NCOc1[nH]n2c(-c3ccccc3)nnc2c1Cl)c1ccccc1. The maximum atomic E-state index is 6.58. The number of aliphatic imine (C=N–C) groups is 1. The van der Waals surface area contributed by atoms with Crippen molar-refractivity contribution in [2.75, 3.05) is 13.3 Å². The quantitative estimate of drug-likeness (QED) is 0.0344. The Balaban J connectivity index is 1.14. The molecule has 0 aliphatic heterocycles. The van der Waals surface area contributed by atoms with Gasteiger partial charge in [-0.05, 0) is 24.6 Å². The number of rotatable bonds is 21. The van der Waals surface area contributed by atoms with Crippen molar-refractivity contribution in [3.05, 3.63) is 94.5 Å². The third kappa shape index (κ3) is 10.2. The first-order chi connectivity index (χ1) is 23.6. The second kappa shape index (κ2) is 19.1. The standard InChI is InChI=1S/C37H44Cl2N6O3/c1-2-3-4-5-6-7-8-9-10-17-24-46-32-23-22-30(38)25-31(32)40-26-47-36(29-20-15-12-16-21-29)41-27-48-37-33(39)35-43-42-34(45(35)44-37)28-18-13-11-14-19-28/h11-16,18-23,25-26,36,41,44H,2-10,17,24,27H2,1H3. The van der Waals surface area contributed by atoms with Crippen molar-refractivity contribution in [3.63, 3.8) is 0 Å². The number of nitrogens with zero attached hydrogens (tertiary/aromatic N) is 4. The van der Waals surface area contributed by atoms with Gasteiger partial charge in [0.1, 0.15) is 23.2 Å². The molecule has 5 aromatic rings. The van der Waals surface area contributed by atoms with Gasteiger partial charge in [-0.2, -0.15) is 0 Å². The van der Waals surface area contributed by atoms with Crippen molar-refractivity contribution in [1.82, 2.24) is 25.1 Å². The Morgan fingerprint density at radius 1 is 0.833 bits per heavy atom. The summed E-state index contributed by atoms with van der Waals surface area (Å²) in [5, 5.41) is 15.8. The fraction of sp³-hybridized carbons (Fsp3) is 0.378. The van der Waals surface area contributed by atoms with Gasteiger partial charge in [0.15, 0.2) is 24.1 Å². The largest absolute Gasteiger partial charge is 0.491 e. The van der Waals surface area contributed by atoms with E-state index in [1.54, 1.807) is 10.6 Å². The lowest BCUT2D eigenvalue weighted by atomic mass is 10.1. The van der Waals surface area contributed by atoms with Crippen molar-refractivity contribution < 1.29 is 14.2 Å². The molecule has 254 valence electrons. The first-order valence-electron chi connectivity index (χ1n) is 16.8. The van der Waals surface area contributed by atoms with Crippen molar-refractivity contribution in [3.8, 4) is 23.0 Å². The van der Waals surface area contributed by atoms with Crippen LogP contribution in [0.1, 0.15) is 82.9 Å². The number of hydrogen-bond donors (Lipinski definition) is 2. The first-order valence-corrected chi connectivity index (χ1v) is 17.6. The lowest BCUT2D eigenvalue weighted by Gasteiger charge is -2.18. The van der Waals surface area contributed by atoms with Crippen molar-refractivity contribution >= 4 is 40.9 Å². The molecular weight excluding hydrogens is 647 g/mol. The Morgan fingerprint density at radius 2 is 1.52 bits per heavy atom. The number of halogens is 2. The van der Waals surface area contributed by atoms with Crippen molar-refractivity contribution in [2.45, 2.75) is 77.4 Å². The third-order valence-electron chi connectivity index (χ3n) is 7.96. The molecule has 9 nitrogen and oxygen atoms in total. The molecule has 0 spiro atoms. The van der Waals surface area contributed by atoms with Crippen LogP contribution >= 0.6 is 23.2 Å². The van der Waals surface area contributed by atoms with Gasteiger partial charge in [0.2, 0.25) is 5.88 Å². The Labute approximate surface area is 292 Å². The van der Waals surface area contributed by atoms with E-state index in [0.29, 0.717) is 45.4 Å². The summed E-state index contributed by atoms with van der Waals surface area (Å²) in [4.78, 5) is 4.56. The van der Waals surface area contributed by atoms with E-state index in [-0.39, 0.29) is 6.73 Å². The molecule has 11 heteroatoms. The van der Waals surface area contributed by atoms with Gasteiger partial charge in [0.25, 0.3) is 0 Å². The zero-order valence-corrected chi connectivity index (χ0v) is 28.9. The van der Waals surface area contributed by atoms with Gasteiger partial charge in [-0.3, -0.25) is 5.10 Å². The molecule has 0 amide bonds. The molecule has 2 heterocycles. The zero-order chi connectivity index (χ0) is 33.4. The van der Waals surface area contributed by atoms with Gasteiger partial charge < -0.3 is 14.2 Å². The first kappa shape index (κ1) is 35.3. The van der Waals surface area contributed by atoms with E-state index in [2.05, 4.69) is 32.5 Å². The Kier molecular flexibility index (Phi) is 14.0. The van der Waals surface area contributed by atoms with Crippen LogP contribution in [0.4, 0.5) is 5.69 Å². The lowest BCUT2D eigenvalue weighted by molar-refractivity contribution is 0.122. The van der Waals surface area contributed by atoms with E-state index in [1.807, 2.05) is 72.8 Å². The second-order valence-corrected chi connectivity index (χ2v) is 12.4. The maximum Gasteiger partial charge on any atom is 0.230 e. The van der Waals surface area contributed by atoms with E-state index in [1.165, 1.54) is 57.8 Å². The van der Waals surface area contributed by atoms with Crippen LogP contribution in [0.5, 0.6) is 11.6 Å². The molecule has 0 radical (unpaired) electrons. The van der Waals surface area contributed by atoms with Crippen molar-refractivity contribution in [2.24, 2.45) is 4.99 Å². The van der Waals surface area contributed by atoms with E-state index in [9.17, 15) is 0 Å². The number of H-pyrrole nitrogens is 1. The lowest BCUT2D eigenvalue weighted by Crippen LogP contribution is -2.27. The number of aromatic nitrogens is 4. The summed E-state index contributed by atoms with van der Waals surface area (Å²) in [6.45, 7) is 2.96. The molecule has 1 atom stereocenters. The summed E-state index contributed by atoms with van der Waals surface area (Å²) in [6, 6.07) is 24.9. The second-order valence-electron chi connectivity index (χ2n) is 11.6. The molecule has 3 aromatic carbocycles. The molecule has 0 saturated carbocycles. The molecule has 5 rings (SSSR count). The van der Waals surface area contributed by atoms with Crippen LogP contribution in [0.15, 0.2) is 83.9 Å². The van der Waals surface area contributed by atoms with Crippen molar-refractivity contribution in [1.29, 1.82) is 0 Å². The molecule has 48 heavy (non-hydrogen) atoms. The van der Waals surface area contributed by atoms with E-state index < -0.39 is 6.23 Å². The minimum Gasteiger partial charge on any atom is -0.491 e. The number of hydrogen-bond acceptors (Lipinski definition) is 7. The van der Waals surface area contributed by atoms with Gasteiger partial charge in [-0.15, -0.1) is 10.2 Å². The molecule has 0 saturated heterocycles. The normalized spacial score (nSPS) is 12.1. The predicted molar refractivity (Wildman–Crippen MR) is 194 cm³/mol. The molecule has 1 unspecified atom stereocenters. The molecule has 2 N–H and O–H groups in total. The Bertz CT molecular complexity index is 1690. The van der Waals surface area contributed by atoms with Gasteiger partial charge in [-0.25, -0.2) is 14.8 Å². The van der Waals surface area contributed by atoms with E-state index in [0.717, 1.165) is 24.0 Å². The highest BCUT2D eigenvalue weighted by molar-refractivity contribution is 6.34. The summed E-state index contributed by atoms with van der Waals surface area (Å²) in [6.07, 6.45) is 13.6. The number of unbranched alkanes of at least 4 members (excludes halogenated alkanes) is 9. The van der Waals surface area contributed by atoms with E-state index in [4.69, 9.17) is 37.4 Å². The monoisotopic (exact) mass is 690 g/mol. The molecule has 0 aliphatic carbocycles. The number of aromatic amines is 1. The molecular formula is C37H44Cl2N6O3. The van der Waals surface area contributed by atoms with Crippen LogP contribution in [0.3, 0.4) is 0 Å². The summed E-state index contributed by atoms with van der Waals surface area (Å²) >= 11 is 12.9. The van der Waals surface area contributed by atoms with Gasteiger partial charge >= 0.3 is 0 Å². The summed E-state index contributed by atoms with van der Waals surface area (Å²) < 4.78 is 19.8. The van der Waals surface area contributed by atoms with Crippen LogP contribution < -0.4 is 14.8 Å². The average molecular weight is 692 g/mol. The summed E-state index contributed by atoms with van der Waals surface area (Å²) in [5.74, 6) is 1.65. The van der Waals surface area contributed by atoms with Crippen LogP contribution in [0.2, 0.25) is 10.0 Å². The minimum absolute atomic E-state index is 0.0786. The van der Waals surface area contributed by atoms with Gasteiger partial charge in [-0.1, -0.05) is 149 Å². The Morgan fingerprint density at radius 3 is 2.25 bits per heavy atom. The van der Waals surface area contributed by atoms with Crippen LogP contribution in [-0.4, -0.2) is 39.5 Å². The smallest absolute Gasteiger partial charge is 0.230 e. The topological polar surface area (TPSA) is 98.1 Å². The zero-order valence-electron chi connectivity index (χ0n) is 27.4. The number of benzene rings is 3. The number of fused-ring (bicyclic) bond motifs is 1. The molecule has 0 fully saturated rings. The van der Waals surface area contributed by atoms with Gasteiger partial charge in [0.05, 0.1) is 6.61 Å². The maximum absolute atomic E-state index is 6.58. The van der Waals surface area contributed by atoms with Gasteiger partial charge in [0, 0.05) is 16.1 Å². The summed E-state index contributed by atoms with van der Waals surface area (Å²) in [7, 11) is 0. The fourth-order valence-corrected chi connectivity index (χ4v) is 5.73. The number of nitrogens with one attached hydrogen (secondary N) is 2. The predicted octanol–water partition coefficient (Wildman–Crippen LogP) is 10.3. The van der Waals surface area contributed by atoms with Crippen LogP contribution in [-0.2, 0) is 4.74 Å². The average Bonchev–Trinajstić information content (AvgIpc) is 3.67. The third-order valence-corrected chi connectivity index (χ3v) is 8.53.